The normalized spacial score (nSPS) is 18.3. The maximum absolute atomic E-state index is 11.9. The molecule has 0 radical (unpaired) electrons. The van der Waals surface area contributed by atoms with Gasteiger partial charge in [-0.05, 0) is 37.1 Å². The summed E-state index contributed by atoms with van der Waals surface area (Å²) in [4.78, 5) is 11.9. The number of hydrogen-bond acceptors (Lipinski definition) is 2. The molecule has 1 fully saturated rings. The summed E-state index contributed by atoms with van der Waals surface area (Å²) >= 11 is 3.38. The number of rotatable bonds is 3. The molecule has 0 aromatic heterocycles. The molecule has 1 aliphatic rings. The largest absolute Gasteiger partial charge is 0.338 e. The lowest BCUT2D eigenvalue weighted by molar-refractivity contribution is 0.244. The smallest absolute Gasteiger partial charge is 0.317 e. The highest BCUT2D eigenvalue weighted by atomic mass is 79.9. The van der Waals surface area contributed by atoms with Crippen LogP contribution < -0.4 is 15.8 Å². The van der Waals surface area contributed by atoms with Crippen LogP contribution in [0.4, 0.5) is 10.5 Å². The topological polar surface area (TPSA) is 44.4 Å². The predicted octanol–water partition coefficient (Wildman–Crippen LogP) is 3.00. The summed E-state index contributed by atoms with van der Waals surface area (Å²) in [5.74, 6) is 0. The zero-order chi connectivity index (χ0) is 12.5. The maximum Gasteiger partial charge on any atom is 0.338 e. The molecule has 1 heterocycles. The third-order valence-corrected chi connectivity index (χ3v) is 3.70. The average molecular weight is 298 g/mol. The van der Waals surface area contributed by atoms with Crippen molar-refractivity contribution in [3.63, 3.8) is 0 Å². The van der Waals surface area contributed by atoms with Gasteiger partial charge in [0.1, 0.15) is 5.66 Å². The third-order valence-electron chi connectivity index (χ3n) is 3.17. The van der Waals surface area contributed by atoms with Gasteiger partial charge in [-0.1, -0.05) is 29.8 Å². The SMILES string of the molecule is CCC1(CC)NC(=O)N(c2ccc(Br)cc2)N1. The Balaban J connectivity index is 2.23. The minimum absolute atomic E-state index is 0.101. The number of benzene rings is 1. The first kappa shape index (κ1) is 12.4. The summed E-state index contributed by atoms with van der Waals surface area (Å²) in [5, 5.41) is 4.56. The second kappa shape index (κ2) is 4.66. The van der Waals surface area contributed by atoms with Gasteiger partial charge in [-0.2, -0.15) is 0 Å². The van der Waals surface area contributed by atoms with Crippen LogP contribution in [0.1, 0.15) is 26.7 Å². The van der Waals surface area contributed by atoms with Crippen LogP contribution in [0, 0.1) is 0 Å². The van der Waals surface area contributed by atoms with Crippen molar-refractivity contribution in [2.45, 2.75) is 32.4 Å². The number of amides is 2. The van der Waals surface area contributed by atoms with Gasteiger partial charge >= 0.3 is 6.03 Å². The molecule has 17 heavy (non-hydrogen) atoms. The lowest BCUT2D eigenvalue weighted by atomic mass is 10.1. The van der Waals surface area contributed by atoms with Gasteiger partial charge in [0.25, 0.3) is 0 Å². The van der Waals surface area contributed by atoms with Gasteiger partial charge in [-0.3, -0.25) is 0 Å². The number of anilines is 1. The standard InChI is InChI=1S/C12H16BrN3O/c1-3-12(4-2)14-11(17)16(15-12)10-7-5-9(13)6-8-10/h5-8,15H,3-4H2,1-2H3,(H,14,17). The van der Waals surface area contributed by atoms with E-state index >= 15 is 0 Å². The first-order chi connectivity index (χ1) is 8.10. The fourth-order valence-corrected chi connectivity index (χ4v) is 2.17. The van der Waals surface area contributed by atoms with E-state index < -0.39 is 0 Å². The van der Waals surface area contributed by atoms with Crippen molar-refractivity contribution in [2.75, 3.05) is 5.01 Å². The molecule has 2 rings (SSSR count). The Morgan fingerprint density at radius 3 is 2.29 bits per heavy atom. The quantitative estimate of drug-likeness (QED) is 0.901. The highest BCUT2D eigenvalue weighted by molar-refractivity contribution is 9.10. The highest BCUT2D eigenvalue weighted by Crippen LogP contribution is 2.24. The summed E-state index contributed by atoms with van der Waals surface area (Å²) in [6.45, 7) is 4.11. The second-order valence-electron chi connectivity index (χ2n) is 4.14. The Hall–Kier alpha value is -1.07. The van der Waals surface area contributed by atoms with E-state index in [1.807, 2.05) is 24.3 Å². The Bertz CT molecular complexity index is 414. The van der Waals surface area contributed by atoms with Crippen LogP contribution in [0.15, 0.2) is 28.7 Å². The van der Waals surface area contributed by atoms with Crippen LogP contribution in [-0.2, 0) is 0 Å². The number of urea groups is 1. The molecule has 0 bridgehead atoms. The number of hydrogen-bond donors (Lipinski definition) is 2. The molecule has 1 saturated heterocycles. The number of halogens is 1. The molecule has 0 spiro atoms. The van der Waals surface area contributed by atoms with E-state index in [-0.39, 0.29) is 11.7 Å². The van der Waals surface area contributed by atoms with Gasteiger partial charge in [-0.15, -0.1) is 0 Å². The van der Waals surface area contributed by atoms with E-state index in [9.17, 15) is 4.79 Å². The van der Waals surface area contributed by atoms with Crippen molar-refractivity contribution in [2.24, 2.45) is 0 Å². The first-order valence-corrected chi connectivity index (χ1v) is 6.55. The molecule has 4 nitrogen and oxygen atoms in total. The highest BCUT2D eigenvalue weighted by Gasteiger charge is 2.39. The van der Waals surface area contributed by atoms with Crippen LogP contribution in [0.3, 0.4) is 0 Å². The molecule has 0 unspecified atom stereocenters. The van der Waals surface area contributed by atoms with Crippen molar-refractivity contribution in [1.29, 1.82) is 0 Å². The summed E-state index contributed by atoms with van der Waals surface area (Å²) in [6, 6.07) is 7.54. The Morgan fingerprint density at radius 2 is 1.82 bits per heavy atom. The van der Waals surface area contributed by atoms with Gasteiger partial charge in [0.05, 0.1) is 5.69 Å². The third kappa shape index (κ3) is 2.30. The Labute approximate surface area is 109 Å². The molecule has 1 aromatic carbocycles. The minimum atomic E-state index is -0.315. The van der Waals surface area contributed by atoms with Crippen molar-refractivity contribution in [3.05, 3.63) is 28.7 Å². The molecule has 5 heteroatoms. The van der Waals surface area contributed by atoms with Crippen molar-refractivity contribution < 1.29 is 4.79 Å². The van der Waals surface area contributed by atoms with Crippen LogP contribution >= 0.6 is 15.9 Å². The van der Waals surface area contributed by atoms with Gasteiger partial charge < -0.3 is 5.32 Å². The number of nitrogens with one attached hydrogen (secondary N) is 2. The summed E-state index contributed by atoms with van der Waals surface area (Å²) < 4.78 is 0.998. The van der Waals surface area contributed by atoms with Gasteiger partial charge in [0, 0.05) is 4.47 Å². The molecule has 92 valence electrons. The fourth-order valence-electron chi connectivity index (χ4n) is 1.91. The van der Waals surface area contributed by atoms with Crippen LogP contribution in [-0.4, -0.2) is 11.7 Å². The van der Waals surface area contributed by atoms with Gasteiger partial charge in [0.2, 0.25) is 0 Å². The molecule has 1 aliphatic heterocycles. The number of nitrogens with zero attached hydrogens (tertiary/aromatic N) is 1. The van der Waals surface area contributed by atoms with Crippen LogP contribution in [0.5, 0.6) is 0 Å². The van der Waals surface area contributed by atoms with Crippen molar-refractivity contribution in [3.8, 4) is 0 Å². The molecule has 0 aliphatic carbocycles. The van der Waals surface area contributed by atoms with E-state index in [1.165, 1.54) is 0 Å². The monoisotopic (exact) mass is 297 g/mol. The van der Waals surface area contributed by atoms with E-state index in [1.54, 1.807) is 5.01 Å². The lowest BCUT2D eigenvalue weighted by Gasteiger charge is -2.26. The minimum Gasteiger partial charge on any atom is -0.317 e. The van der Waals surface area contributed by atoms with Crippen LogP contribution in [0.25, 0.3) is 0 Å². The van der Waals surface area contributed by atoms with Gasteiger partial charge in [-0.25, -0.2) is 15.2 Å². The summed E-state index contributed by atoms with van der Waals surface area (Å²) in [7, 11) is 0. The number of hydrazine groups is 1. The molecule has 0 atom stereocenters. The average Bonchev–Trinajstić information content (AvgIpc) is 2.69. The predicted molar refractivity (Wildman–Crippen MR) is 71.6 cm³/mol. The maximum atomic E-state index is 11.9. The van der Waals surface area contributed by atoms with Gasteiger partial charge in [0.15, 0.2) is 0 Å². The molecule has 0 saturated carbocycles. The molecule has 2 amide bonds. The second-order valence-corrected chi connectivity index (χ2v) is 5.06. The van der Waals surface area contributed by atoms with Crippen molar-refractivity contribution in [1.82, 2.24) is 10.7 Å². The Kier molecular flexibility index (Phi) is 3.40. The number of carbonyl (C=O) groups is 1. The van der Waals surface area contributed by atoms with E-state index in [2.05, 4.69) is 40.5 Å². The van der Waals surface area contributed by atoms with E-state index in [4.69, 9.17) is 0 Å². The molecular weight excluding hydrogens is 282 g/mol. The molecular formula is C12H16BrN3O. The first-order valence-electron chi connectivity index (χ1n) is 5.76. The summed E-state index contributed by atoms with van der Waals surface area (Å²) in [6.07, 6.45) is 1.70. The van der Waals surface area contributed by atoms with E-state index in [0.29, 0.717) is 0 Å². The molecule has 1 aromatic rings. The van der Waals surface area contributed by atoms with Crippen molar-refractivity contribution >= 4 is 27.6 Å². The lowest BCUT2D eigenvalue weighted by Crippen LogP contribution is -2.50. The Morgan fingerprint density at radius 1 is 1.24 bits per heavy atom. The summed E-state index contributed by atoms with van der Waals surface area (Å²) in [5.41, 5.74) is 3.77. The zero-order valence-corrected chi connectivity index (χ0v) is 11.5. The van der Waals surface area contributed by atoms with Crippen LogP contribution in [0.2, 0.25) is 0 Å². The molecule has 2 N–H and O–H groups in total. The fraction of sp³-hybridized carbons (Fsp3) is 0.417. The van der Waals surface area contributed by atoms with E-state index in [0.717, 1.165) is 23.0 Å². The number of carbonyl (C=O) groups excluding carboxylic acids is 1. The zero-order valence-electron chi connectivity index (χ0n) is 9.96.